The van der Waals surface area contributed by atoms with Crippen LogP contribution >= 0.6 is 15.9 Å². The van der Waals surface area contributed by atoms with Crippen molar-refractivity contribution in [1.29, 1.82) is 0 Å². The first kappa shape index (κ1) is 15.9. The molecule has 2 aromatic rings. The first-order chi connectivity index (χ1) is 10.2. The molecule has 1 aromatic carbocycles. The van der Waals surface area contributed by atoms with Crippen LogP contribution in [0, 0.1) is 6.92 Å². The second-order valence-electron chi connectivity index (χ2n) is 4.90. The Morgan fingerprint density at radius 1 is 1.24 bits per heavy atom. The number of hydrogen-bond acceptors (Lipinski definition) is 4. The van der Waals surface area contributed by atoms with Gasteiger partial charge in [-0.3, -0.25) is 4.98 Å². The van der Waals surface area contributed by atoms with Crippen molar-refractivity contribution in [3.05, 3.63) is 51.9 Å². The zero-order valence-electron chi connectivity index (χ0n) is 12.6. The number of benzene rings is 1. The smallest absolute Gasteiger partial charge is 0.237 e. The molecule has 112 valence electrons. The van der Waals surface area contributed by atoms with Crippen LogP contribution in [0.15, 0.2) is 35.1 Å². The lowest BCUT2D eigenvalue weighted by Gasteiger charge is -2.20. The van der Waals surface area contributed by atoms with Crippen molar-refractivity contribution >= 4 is 15.9 Å². The molecule has 0 aliphatic rings. The van der Waals surface area contributed by atoms with Gasteiger partial charge in [-0.1, -0.05) is 28.9 Å². The van der Waals surface area contributed by atoms with Crippen LogP contribution in [0.1, 0.15) is 36.2 Å². The van der Waals surface area contributed by atoms with Crippen molar-refractivity contribution in [2.45, 2.75) is 26.3 Å². The van der Waals surface area contributed by atoms with E-state index in [2.05, 4.69) is 63.3 Å². The van der Waals surface area contributed by atoms with Gasteiger partial charge in [0, 0.05) is 16.9 Å². The summed E-state index contributed by atoms with van der Waals surface area (Å²) in [6, 6.07) is 6.32. The fourth-order valence-corrected chi connectivity index (χ4v) is 2.91. The molecule has 1 N–H and O–H groups in total. The van der Waals surface area contributed by atoms with Gasteiger partial charge in [0.25, 0.3) is 0 Å². The Kier molecular flexibility index (Phi) is 5.70. The molecule has 21 heavy (non-hydrogen) atoms. The molecular weight excluding hydrogens is 330 g/mol. The van der Waals surface area contributed by atoms with Crippen LogP contribution in [0.25, 0.3) is 0 Å². The highest BCUT2D eigenvalue weighted by Crippen LogP contribution is 2.29. The van der Waals surface area contributed by atoms with Crippen LogP contribution < -0.4 is 10.1 Å². The van der Waals surface area contributed by atoms with Crippen molar-refractivity contribution in [1.82, 2.24) is 15.3 Å². The maximum Gasteiger partial charge on any atom is 0.237 e. The molecule has 4 nitrogen and oxygen atoms in total. The third kappa shape index (κ3) is 4.02. The molecule has 0 saturated carbocycles. The summed E-state index contributed by atoms with van der Waals surface area (Å²) in [7, 11) is 1.62. The summed E-state index contributed by atoms with van der Waals surface area (Å²) in [4.78, 5) is 8.73. The maximum absolute atomic E-state index is 5.36. The second kappa shape index (κ2) is 7.52. The molecule has 0 amide bonds. The maximum atomic E-state index is 5.36. The number of ether oxygens (including phenoxy) is 1. The Morgan fingerprint density at radius 3 is 2.67 bits per heavy atom. The standard InChI is InChI=1S/C16H20BrN3O/c1-4-5-18-14(12-8-11(2)9-13(17)10-12)15-16(21-3)20-7-6-19-15/h6-10,14,18H,4-5H2,1-3H3. The minimum Gasteiger partial charge on any atom is -0.480 e. The van der Waals surface area contributed by atoms with E-state index in [0.717, 1.165) is 28.7 Å². The van der Waals surface area contributed by atoms with E-state index < -0.39 is 0 Å². The Labute approximate surface area is 134 Å². The van der Waals surface area contributed by atoms with Crippen molar-refractivity contribution in [3.63, 3.8) is 0 Å². The molecule has 1 heterocycles. The molecular formula is C16H20BrN3O. The molecule has 0 saturated heterocycles. The van der Waals surface area contributed by atoms with Gasteiger partial charge in [0.05, 0.1) is 13.2 Å². The zero-order chi connectivity index (χ0) is 15.2. The van der Waals surface area contributed by atoms with Crippen LogP contribution in [0.3, 0.4) is 0 Å². The van der Waals surface area contributed by atoms with Crippen molar-refractivity contribution in [3.8, 4) is 5.88 Å². The Hall–Kier alpha value is -1.46. The van der Waals surface area contributed by atoms with Crippen molar-refractivity contribution < 1.29 is 4.74 Å². The number of hydrogen-bond donors (Lipinski definition) is 1. The van der Waals surface area contributed by atoms with Crippen LogP contribution in [0.2, 0.25) is 0 Å². The number of rotatable bonds is 6. The number of halogens is 1. The Balaban J connectivity index is 2.46. The highest BCUT2D eigenvalue weighted by atomic mass is 79.9. The summed E-state index contributed by atoms with van der Waals surface area (Å²) < 4.78 is 6.42. The second-order valence-corrected chi connectivity index (χ2v) is 5.82. The van der Waals surface area contributed by atoms with Crippen LogP contribution in [-0.2, 0) is 0 Å². The SMILES string of the molecule is CCCNC(c1cc(C)cc(Br)c1)c1nccnc1OC. The van der Waals surface area contributed by atoms with Gasteiger partial charge in [-0.2, -0.15) is 0 Å². The summed E-state index contributed by atoms with van der Waals surface area (Å²) in [5.41, 5.74) is 3.16. The van der Waals surface area contributed by atoms with Crippen LogP contribution in [0.4, 0.5) is 0 Å². The molecule has 5 heteroatoms. The summed E-state index contributed by atoms with van der Waals surface area (Å²) >= 11 is 3.56. The van der Waals surface area contributed by atoms with E-state index in [1.165, 1.54) is 5.56 Å². The number of aryl methyl sites for hydroxylation is 1. The summed E-state index contributed by atoms with van der Waals surface area (Å²) in [5, 5.41) is 3.53. The lowest BCUT2D eigenvalue weighted by atomic mass is 10.0. The molecule has 1 aromatic heterocycles. The molecule has 0 radical (unpaired) electrons. The van der Waals surface area contributed by atoms with Crippen LogP contribution in [-0.4, -0.2) is 23.6 Å². The van der Waals surface area contributed by atoms with E-state index in [9.17, 15) is 0 Å². The van der Waals surface area contributed by atoms with Crippen LogP contribution in [0.5, 0.6) is 5.88 Å². The average molecular weight is 350 g/mol. The monoisotopic (exact) mass is 349 g/mol. The van der Waals surface area contributed by atoms with Gasteiger partial charge < -0.3 is 10.1 Å². The first-order valence-corrected chi connectivity index (χ1v) is 7.80. The average Bonchev–Trinajstić information content (AvgIpc) is 2.47. The first-order valence-electron chi connectivity index (χ1n) is 7.01. The summed E-state index contributed by atoms with van der Waals surface area (Å²) in [5.74, 6) is 0.559. The number of nitrogens with one attached hydrogen (secondary N) is 1. The highest BCUT2D eigenvalue weighted by molar-refractivity contribution is 9.10. The third-order valence-corrected chi connectivity index (χ3v) is 3.61. The minimum absolute atomic E-state index is 0.0372. The minimum atomic E-state index is -0.0372. The quantitative estimate of drug-likeness (QED) is 0.864. The molecule has 0 fully saturated rings. The van der Waals surface area contributed by atoms with Gasteiger partial charge in [0.2, 0.25) is 5.88 Å². The zero-order valence-corrected chi connectivity index (χ0v) is 14.1. The topological polar surface area (TPSA) is 47.0 Å². The molecule has 1 atom stereocenters. The lowest BCUT2D eigenvalue weighted by Crippen LogP contribution is -2.25. The fourth-order valence-electron chi connectivity index (χ4n) is 2.28. The summed E-state index contributed by atoms with van der Waals surface area (Å²) in [6.45, 7) is 5.12. The third-order valence-electron chi connectivity index (χ3n) is 3.15. The van der Waals surface area contributed by atoms with E-state index in [1.54, 1.807) is 19.5 Å². The van der Waals surface area contributed by atoms with Crippen molar-refractivity contribution in [2.75, 3.05) is 13.7 Å². The summed E-state index contributed by atoms with van der Waals surface area (Å²) in [6.07, 6.45) is 4.39. The van der Waals surface area contributed by atoms with Gasteiger partial charge >= 0.3 is 0 Å². The van der Waals surface area contributed by atoms with Gasteiger partial charge in [0.15, 0.2) is 0 Å². The molecule has 0 spiro atoms. The van der Waals surface area contributed by atoms with E-state index in [4.69, 9.17) is 4.74 Å². The highest BCUT2D eigenvalue weighted by Gasteiger charge is 2.20. The van der Waals surface area contributed by atoms with E-state index in [1.807, 2.05) is 0 Å². The van der Waals surface area contributed by atoms with E-state index >= 15 is 0 Å². The predicted octanol–water partition coefficient (Wildman–Crippen LogP) is 3.65. The van der Waals surface area contributed by atoms with Gasteiger partial charge in [0.1, 0.15) is 5.69 Å². The molecule has 2 rings (SSSR count). The number of nitrogens with zero attached hydrogens (tertiary/aromatic N) is 2. The van der Waals surface area contributed by atoms with Crippen molar-refractivity contribution in [2.24, 2.45) is 0 Å². The normalized spacial score (nSPS) is 12.2. The number of aromatic nitrogens is 2. The Bertz CT molecular complexity index is 584. The fraction of sp³-hybridized carbons (Fsp3) is 0.375. The molecule has 0 bridgehead atoms. The van der Waals surface area contributed by atoms with E-state index in [-0.39, 0.29) is 6.04 Å². The van der Waals surface area contributed by atoms with Gasteiger partial charge in [-0.15, -0.1) is 0 Å². The van der Waals surface area contributed by atoms with Gasteiger partial charge in [-0.25, -0.2) is 4.98 Å². The lowest BCUT2D eigenvalue weighted by molar-refractivity contribution is 0.382. The Morgan fingerprint density at radius 2 is 2.00 bits per heavy atom. The number of methoxy groups -OCH3 is 1. The molecule has 1 unspecified atom stereocenters. The largest absolute Gasteiger partial charge is 0.480 e. The van der Waals surface area contributed by atoms with Gasteiger partial charge in [-0.05, 0) is 43.1 Å². The van der Waals surface area contributed by atoms with E-state index in [0.29, 0.717) is 5.88 Å². The molecule has 0 aliphatic heterocycles. The molecule has 0 aliphatic carbocycles. The predicted molar refractivity (Wildman–Crippen MR) is 87.6 cm³/mol.